The Morgan fingerprint density at radius 3 is 2.39 bits per heavy atom. The molecule has 1 amide bonds. The normalized spacial score (nSPS) is 11.7. The highest BCUT2D eigenvalue weighted by atomic mass is 19.1. The van der Waals surface area contributed by atoms with Crippen LogP contribution in [0.3, 0.4) is 0 Å². The molecule has 0 saturated heterocycles. The predicted octanol–water partition coefficient (Wildman–Crippen LogP) is 1.71. The molecule has 0 spiro atoms. The molecule has 120 valence electrons. The maximum Gasteiger partial charge on any atom is 0.320 e. The van der Waals surface area contributed by atoms with Gasteiger partial charge >= 0.3 is 5.97 Å². The van der Waals surface area contributed by atoms with E-state index in [4.69, 9.17) is 10.8 Å². The zero-order chi connectivity index (χ0) is 16.8. The molecule has 4 N–H and O–H groups in total. The monoisotopic (exact) mass is 316 g/mol. The van der Waals surface area contributed by atoms with Crippen LogP contribution in [0, 0.1) is 5.82 Å². The largest absolute Gasteiger partial charge is 0.480 e. The molecule has 0 bridgehead atoms. The summed E-state index contributed by atoms with van der Waals surface area (Å²) in [7, 11) is 0. The van der Waals surface area contributed by atoms with Crippen molar-refractivity contribution in [2.75, 3.05) is 0 Å². The molecule has 0 fully saturated rings. The molecule has 0 saturated carbocycles. The van der Waals surface area contributed by atoms with Crippen LogP contribution < -0.4 is 11.1 Å². The number of carboxylic acids is 1. The van der Waals surface area contributed by atoms with E-state index in [1.165, 1.54) is 24.3 Å². The van der Waals surface area contributed by atoms with Crippen molar-refractivity contribution in [3.63, 3.8) is 0 Å². The average Bonchev–Trinajstić information content (AvgIpc) is 2.53. The smallest absolute Gasteiger partial charge is 0.320 e. The SMILES string of the molecule is N[C@@H](Cc1ccc(CNC(=O)c2cccc(F)c2)cc1)C(=O)O. The minimum atomic E-state index is -1.04. The van der Waals surface area contributed by atoms with Crippen molar-refractivity contribution in [3.8, 4) is 0 Å². The van der Waals surface area contributed by atoms with E-state index in [-0.39, 0.29) is 17.9 Å². The van der Waals surface area contributed by atoms with Crippen LogP contribution in [-0.4, -0.2) is 23.0 Å². The number of benzene rings is 2. The van der Waals surface area contributed by atoms with Crippen molar-refractivity contribution in [2.24, 2.45) is 5.73 Å². The third kappa shape index (κ3) is 4.89. The number of carbonyl (C=O) groups is 2. The second-order valence-electron chi connectivity index (χ2n) is 5.16. The topological polar surface area (TPSA) is 92.4 Å². The average molecular weight is 316 g/mol. The second-order valence-corrected chi connectivity index (χ2v) is 5.16. The Kier molecular flexibility index (Phi) is 5.43. The summed E-state index contributed by atoms with van der Waals surface area (Å²) >= 11 is 0. The van der Waals surface area contributed by atoms with Crippen LogP contribution in [0.1, 0.15) is 21.5 Å². The maximum atomic E-state index is 13.1. The Hall–Kier alpha value is -2.73. The fourth-order valence-corrected chi connectivity index (χ4v) is 2.05. The van der Waals surface area contributed by atoms with Crippen LogP contribution in [0.25, 0.3) is 0 Å². The summed E-state index contributed by atoms with van der Waals surface area (Å²) < 4.78 is 13.1. The molecule has 23 heavy (non-hydrogen) atoms. The van der Waals surface area contributed by atoms with Crippen LogP contribution >= 0.6 is 0 Å². The Morgan fingerprint density at radius 1 is 1.13 bits per heavy atom. The van der Waals surface area contributed by atoms with Crippen molar-refractivity contribution < 1.29 is 19.1 Å². The van der Waals surface area contributed by atoms with Gasteiger partial charge in [-0.25, -0.2) is 4.39 Å². The lowest BCUT2D eigenvalue weighted by atomic mass is 10.0. The Bertz CT molecular complexity index is 701. The molecule has 2 rings (SSSR count). The zero-order valence-corrected chi connectivity index (χ0v) is 12.3. The summed E-state index contributed by atoms with van der Waals surface area (Å²) in [5, 5.41) is 11.5. The number of amides is 1. The van der Waals surface area contributed by atoms with Crippen LogP contribution in [0.15, 0.2) is 48.5 Å². The standard InChI is InChI=1S/C17H17FN2O3/c18-14-3-1-2-13(9-14)16(21)20-10-12-6-4-11(5-7-12)8-15(19)17(22)23/h1-7,9,15H,8,10,19H2,(H,20,21)(H,22,23)/t15-/m0/s1. The first-order valence-electron chi connectivity index (χ1n) is 7.05. The third-order valence-corrected chi connectivity index (χ3v) is 3.34. The fraction of sp³-hybridized carbons (Fsp3) is 0.176. The molecule has 0 aliphatic carbocycles. The Balaban J connectivity index is 1.91. The van der Waals surface area contributed by atoms with Gasteiger partial charge in [0.1, 0.15) is 11.9 Å². The first-order valence-corrected chi connectivity index (χ1v) is 7.05. The molecule has 2 aromatic rings. The summed E-state index contributed by atoms with van der Waals surface area (Å²) in [4.78, 5) is 22.6. The third-order valence-electron chi connectivity index (χ3n) is 3.34. The molecule has 1 atom stereocenters. The number of aliphatic carboxylic acids is 1. The lowest BCUT2D eigenvalue weighted by Crippen LogP contribution is -2.32. The number of hydrogen-bond acceptors (Lipinski definition) is 3. The van der Waals surface area contributed by atoms with Crippen molar-refractivity contribution >= 4 is 11.9 Å². The molecular weight excluding hydrogens is 299 g/mol. The molecule has 6 heteroatoms. The first kappa shape index (κ1) is 16.6. The molecular formula is C17H17FN2O3. The van der Waals surface area contributed by atoms with Gasteiger partial charge in [0.25, 0.3) is 5.91 Å². The van der Waals surface area contributed by atoms with Crippen molar-refractivity contribution in [1.82, 2.24) is 5.32 Å². The quantitative estimate of drug-likeness (QED) is 0.756. The lowest BCUT2D eigenvalue weighted by Gasteiger charge is -2.08. The molecule has 5 nitrogen and oxygen atoms in total. The number of nitrogens with one attached hydrogen (secondary N) is 1. The molecule has 0 aliphatic heterocycles. The number of rotatable bonds is 6. The summed E-state index contributed by atoms with van der Waals surface area (Å²) in [6.07, 6.45) is 0.241. The molecule has 0 aromatic heterocycles. The van der Waals surface area contributed by atoms with Gasteiger partial charge in [0.05, 0.1) is 0 Å². The second kappa shape index (κ2) is 7.51. The molecule has 0 heterocycles. The summed E-state index contributed by atoms with van der Waals surface area (Å²) in [6.45, 7) is 0.292. The van der Waals surface area contributed by atoms with Crippen LogP contribution in [0.2, 0.25) is 0 Å². The fourth-order valence-electron chi connectivity index (χ4n) is 2.05. The highest BCUT2D eigenvalue weighted by molar-refractivity contribution is 5.94. The van der Waals surface area contributed by atoms with Gasteiger partial charge in [0.2, 0.25) is 0 Å². The highest BCUT2D eigenvalue weighted by Gasteiger charge is 2.12. The van der Waals surface area contributed by atoms with Gasteiger partial charge in [-0.2, -0.15) is 0 Å². The Labute approximate surface area is 132 Å². The van der Waals surface area contributed by atoms with E-state index < -0.39 is 17.8 Å². The van der Waals surface area contributed by atoms with Crippen molar-refractivity contribution in [3.05, 3.63) is 71.0 Å². The predicted molar refractivity (Wildman–Crippen MR) is 83.3 cm³/mol. The number of hydrogen-bond donors (Lipinski definition) is 3. The number of halogens is 1. The van der Waals surface area contributed by atoms with Gasteiger partial charge in [0.15, 0.2) is 0 Å². The van der Waals surface area contributed by atoms with Crippen LogP contribution in [0.5, 0.6) is 0 Å². The highest BCUT2D eigenvalue weighted by Crippen LogP contribution is 2.08. The van der Waals surface area contributed by atoms with Crippen LogP contribution in [-0.2, 0) is 17.8 Å². The summed E-state index contributed by atoms with van der Waals surface area (Å²) in [6, 6.07) is 11.6. The molecule has 0 unspecified atom stereocenters. The molecule has 2 aromatic carbocycles. The van der Waals surface area contributed by atoms with Gasteiger partial charge in [-0.05, 0) is 35.7 Å². The van der Waals surface area contributed by atoms with E-state index in [1.807, 2.05) is 0 Å². The minimum Gasteiger partial charge on any atom is -0.480 e. The van der Waals surface area contributed by atoms with E-state index in [0.717, 1.165) is 11.1 Å². The van der Waals surface area contributed by atoms with E-state index in [0.29, 0.717) is 6.54 Å². The van der Waals surface area contributed by atoms with Gasteiger partial charge in [-0.15, -0.1) is 0 Å². The number of nitrogens with two attached hydrogens (primary N) is 1. The molecule has 0 radical (unpaired) electrons. The van der Waals surface area contributed by atoms with Crippen molar-refractivity contribution in [1.29, 1.82) is 0 Å². The van der Waals surface area contributed by atoms with E-state index in [9.17, 15) is 14.0 Å². The minimum absolute atomic E-state index is 0.241. The summed E-state index contributed by atoms with van der Waals surface area (Å²) in [5.74, 6) is -1.87. The van der Waals surface area contributed by atoms with E-state index in [1.54, 1.807) is 24.3 Å². The number of carbonyl (C=O) groups excluding carboxylic acids is 1. The Morgan fingerprint density at radius 2 is 1.78 bits per heavy atom. The van der Waals surface area contributed by atoms with Gasteiger partial charge in [-0.3, -0.25) is 9.59 Å². The van der Waals surface area contributed by atoms with Gasteiger partial charge < -0.3 is 16.2 Å². The van der Waals surface area contributed by atoms with Gasteiger partial charge in [0, 0.05) is 12.1 Å². The molecule has 0 aliphatic rings. The van der Waals surface area contributed by atoms with Crippen LogP contribution in [0.4, 0.5) is 4.39 Å². The first-order chi connectivity index (χ1) is 11.0. The maximum absolute atomic E-state index is 13.1. The van der Waals surface area contributed by atoms with Gasteiger partial charge in [-0.1, -0.05) is 30.3 Å². The van der Waals surface area contributed by atoms with E-state index in [2.05, 4.69) is 5.32 Å². The van der Waals surface area contributed by atoms with Crippen molar-refractivity contribution in [2.45, 2.75) is 19.0 Å². The zero-order valence-electron chi connectivity index (χ0n) is 12.3. The van der Waals surface area contributed by atoms with E-state index >= 15 is 0 Å². The number of carboxylic acid groups (broad SMARTS) is 1. The lowest BCUT2D eigenvalue weighted by molar-refractivity contribution is -0.138. The summed E-state index contributed by atoms with van der Waals surface area (Å²) in [5.41, 5.74) is 7.39.